The Hall–Kier alpha value is -0.530. The van der Waals surface area contributed by atoms with Crippen LogP contribution in [0.3, 0.4) is 0 Å². The van der Waals surface area contributed by atoms with Crippen LogP contribution in [-0.4, -0.2) is 54.0 Å². The largest absolute Gasteiger partial charge is 0.389 e. The van der Waals surface area contributed by atoms with Gasteiger partial charge in [-0.2, -0.15) is 0 Å². The van der Waals surface area contributed by atoms with Crippen molar-refractivity contribution in [3.63, 3.8) is 0 Å². The topological polar surface area (TPSA) is 96.2 Å². The molecule has 2 unspecified atom stereocenters. The first-order chi connectivity index (χ1) is 5.70. The molecule has 0 aliphatic carbocycles. The van der Waals surface area contributed by atoms with Gasteiger partial charge >= 0.3 is 0 Å². The fraction of sp³-hybridized carbons (Fsp3) is 0.833. The third kappa shape index (κ3) is 6.20. The average molecular weight is 180 g/mol. The second kappa shape index (κ2) is 7.14. The van der Waals surface area contributed by atoms with E-state index in [0.29, 0.717) is 6.29 Å². The van der Waals surface area contributed by atoms with Crippen LogP contribution >= 0.6 is 0 Å². The molecule has 3 N–H and O–H groups in total. The van der Waals surface area contributed by atoms with E-state index in [1.165, 1.54) is 0 Å². The van der Waals surface area contributed by atoms with E-state index in [-0.39, 0.29) is 19.8 Å². The van der Waals surface area contributed by atoms with Crippen molar-refractivity contribution >= 4 is 6.29 Å². The van der Waals surface area contributed by atoms with Gasteiger partial charge in [0.1, 0.15) is 19.5 Å². The van der Waals surface area contributed by atoms with Crippen LogP contribution in [0.1, 0.15) is 0 Å². The molecule has 6 nitrogen and oxygen atoms in total. The highest BCUT2D eigenvalue weighted by Crippen LogP contribution is 2.00. The van der Waals surface area contributed by atoms with Crippen molar-refractivity contribution in [1.82, 2.24) is 0 Å². The lowest BCUT2D eigenvalue weighted by Crippen LogP contribution is -2.34. The number of aliphatic hydroxyl groups is 3. The number of aldehydes is 1. The van der Waals surface area contributed by atoms with Gasteiger partial charge in [-0.25, -0.2) is 0 Å². The summed E-state index contributed by atoms with van der Waals surface area (Å²) in [6, 6.07) is 0. The minimum atomic E-state index is -0.863. The first kappa shape index (κ1) is 11.5. The molecule has 0 aromatic heterocycles. The van der Waals surface area contributed by atoms with Gasteiger partial charge in [-0.3, -0.25) is 0 Å². The maximum atomic E-state index is 8.92. The van der Waals surface area contributed by atoms with Gasteiger partial charge in [0.25, 0.3) is 0 Å². The van der Waals surface area contributed by atoms with Crippen molar-refractivity contribution in [2.45, 2.75) is 12.6 Å². The molecular weight excluding hydrogens is 168 g/mol. The molecule has 1 heterocycles. The smallest absolute Gasteiger partial charge is 0.178 e. The molecule has 0 aromatic carbocycles. The van der Waals surface area contributed by atoms with E-state index in [4.69, 9.17) is 20.1 Å². The van der Waals surface area contributed by atoms with Crippen LogP contribution in [0.4, 0.5) is 0 Å². The lowest BCUT2D eigenvalue weighted by atomic mass is 10.5. The predicted octanol–water partition coefficient (Wildman–Crippen LogP) is -2.15. The molecule has 1 aliphatic heterocycles. The number of rotatable bonds is 1. The minimum absolute atomic E-state index is 0.0567. The summed E-state index contributed by atoms with van der Waals surface area (Å²) < 4.78 is 9.14. The molecule has 2 atom stereocenters. The van der Waals surface area contributed by atoms with Crippen LogP contribution in [0.5, 0.6) is 0 Å². The number of carbonyl (C=O) groups is 1. The van der Waals surface area contributed by atoms with Gasteiger partial charge in [0.05, 0.1) is 6.61 Å². The molecule has 72 valence electrons. The first-order valence-electron chi connectivity index (χ1n) is 3.34. The molecular formula is C6H12O6. The van der Waals surface area contributed by atoms with Crippen molar-refractivity contribution in [3.8, 4) is 0 Å². The zero-order valence-corrected chi connectivity index (χ0v) is 6.42. The molecule has 0 spiro atoms. The normalized spacial score (nSPS) is 28.6. The van der Waals surface area contributed by atoms with Gasteiger partial charge in [-0.15, -0.1) is 0 Å². The fourth-order valence-electron chi connectivity index (χ4n) is 0.483. The summed E-state index contributed by atoms with van der Waals surface area (Å²) in [6.45, 7) is -0.248. The molecule has 6 heteroatoms. The van der Waals surface area contributed by atoms with E-state index >= 15 is 0 Å². The number of aliphatic hydroxyl groups excluding tert-OH is 3. The molecule has 0 aromatic rings. The Morgan fingerprint density at radius 2 is 1.58 bits per heavy atom. The van der Waals surface area contributed by atoms with E-state index < -0.39 is 12.6 Å². The average Bonchev–Trinajstić information content (AvgIpc) is 2.11. The first-order valence-corrected chi connectivity index (χ1v) is 3.34. The van der Waals surface area contributed by atoms with E-state index in [9.17, 15) is 0 Å². The van der Waals surface area contributed by atoms with Crippen LogP contribution < -0.4 is 0 Å². The Balaban J connectivity index is 0.000000261. The van der Waals surface area contributed by atoms with Gasteiger partial charge in [-0.1, -0.05) is 0 Å². The van der Waals surface area contributed by atoms with Gasteiger partial charge in [0, 0.05) is 0 Å². The third-order valence-electron chi connectivity index (χ3n) is 0.937. The predicted molar refractivity (Wildman–Crippen MR) is 37.1 cm³/mol. The monoisotopic (exact) mass is 180 g/mol. The van der Waals surface area contributed by atoms with Crippen LogP contribution in [0.2, 0.25) is 0 Å². The number of hydrogen-bond acceptors (Lipinski definition) is 6. The Kier molecular flexibility index (Phi) is 6.82. The molecule has 1 rings (SSSR count). The van der Waals surface area contributed by atoms with E-state index in [1.54, 1.807) is 0 Å². The highest BCUT2D eigenvalue weighted by molar-refractivity contribution is 5.49. The fourth-order valence-corrected chi connectivity index (χ4v) is 0.483. The summed E-state index contributed by atoms with van der Waals surface area (Å²) in [5.74, 6) is 0. The molecule has 1 saturated heterocycles. The van der Waals surface area contributed by atoms with E-state index in [1.807, 2.05) is 0 Å². The molecule has 0 amide bonds. The summed E-state index contributed by atoms with van der Waals surface area (Å²) in [4.78, 5) is 8.92. The number of hydrogen-bond donors (Lipinski definition) is 3. The summed E-state index contributed by atoms with van der Waals surface area (Å²) >= 11 is 0. The highest BCUT2D eigenvalue weighted by atomic mass is 16.7. The SMILES string of the molecule is O=CCO.OC1COC(O)CO1. The third-order valence-corrected chi connectivity index (χ3v) is 0.937. The molecule has 1 aliphatic rings. The van der Waals surface area contributed by atoms with Gasteiger partial charge < -0.3 is 29.6 Å². The molecule has 12 heavy (non-hydrogen) atoms. The van der Waals surface area contributed by atoms with E-state index in [0.717, 1.165) is 0 Å². The maximum Gasteiger partial charge on any atom is 0.178 e. The van der Waals surface area contributed by atoms with Gasteiger partial charge in [0.15, 0.2) is 12.6 Å². The van der Waals surface area contributed by atoms with Crippen LogP contribution in [-0.2, 0) is 14.3 Å². The Morgan fingerprint density at radius 1 is 1.25 bits per heavy atom. The van der Waals surface area contributed by atoms with E-state index in [2.05, 4.69) is 9.47 Å². The standard InChI is InChI=1S/C4H8O4.C2H4O2/c5-3-1-7-4(6)2-8-3;3-1-2-4/h3-6H,1-2H2;1,4H,2H2. The van der Waals surface area contributed by atoms with Crippen molar-refractivity contribution < 1.29 is 29.6 Å². The van der Waals surface area contributed by atoms with Crippen LogP contribution in [0.15, 0.2) is 0 Å². The van der Waals surface area contributed by atoms with Gasteiger partial charge in [0.2, 0.25) is 0 Å². The number of carbonyl (C=O) groups excluding carboxylic acids is 1. The second-order valence-electron chi connectivity index (χ2n) is 1.93. The molecule has 0 radical (unpaired) electrons. The van der Waals surface area contributed by atoms with Crippen LogP contribution in [0.25, 0.3) is 0 Å². The summed E-state index contributed by atoms with van der Waals surface area (Å²) in [5.41, 5.74) is 0. The summed E-state index contributed by atoms with van der Waals surface area (Å²) in [6.07, 6.45) is -1.29. The highest BCUT2D eigenvalue weighted by Gasteiger charge is 2.16. The molecule has 0 bridgehead atoms. The summed E-state index contributed by atoms with van der Waals surface area (Å²) in [5, 5.41) is 24.6. The lowest BCUT2D eigenvalue weighted by molar-refractivity contribution is -0.263. The van der Waals surface area contributed by atoms with Crippen molar-refractivity contribution in [1.29, 1.82) is 0 Å². The molecule has 0 saturated carbocycles. The van der Waals surface area contributed by atoms with Crippen molar-refractivity contribution in [2.24, 2.45) is 0 Å². The molecule has 1 fully saturated rings. The Morgan fingerprint density at radius 3 is 1.75 bits per heavy atom. The Labute approximate surface area is 69.3 Å². The number of ether oxygens (including phenoxy) is 2. The zero-order chi connectivity index (χ0) is 9.40. The van der Waals surface area contributed by atoms with Crippen molar-refractivity contribution in [2.75, 3.05) is 19.8 Å². The lowest BCUT2D eigenvalue weighted by Gasteiger charge is -2.22. The van der Waals surface area contributed by atoms with Crippen molar-refractivity contribution in [3.05, 3.63) is 0 Å². The van der Waals surface area contributed by atoms with Crippen LogP contribution in [0, 0.1) is 0 Å². The quantitative estimate of drug-likeness (QED) is 0.398. The second-order valence-corrected chi connectivity index (χ2v) is 1.93. The van der Waals surface area contributed by atoms with Gasteiger partial charge in [-0.05, 0) is 0 Å². The zero-order valence-electron chi connectivity index (χ0n) is 6.42. The maximum absolute atomic E-state index is 8.92. The summed E-state index contributed by atoms with van der Waals surface area (Å²) in [7, 11) is 0. The minimum Gasteiger partial charge on any atom is -0.389 e. The Bertz CT molecular complexity index is 98.6.